The summed E-state index contributed by atoms with van der Waals surface area (Å²) in [5, 5.41) is 4.93. The van der Waals surface area contributed by atoms with Crippen LogP contribution >= 0.6 is 0 Å². The Bertz CT molecular complexity index is 3060. The monoisotopic (exact) mass is 674 g/mol. The van der Waals surface area contributed by atoms with Gasteiger partial charge < -0.3 is 4.57 Å². The predicted octanol–water partition coefficient (Wildman–Crippen LogP) is 12.4. The SMILES string of the molecule is c1cc2cc(c1)-c1nc(-c3ccc(-c4cccc5ccccc45)cc3)nc(n1)-c1cccc(c1)-c1ccc3c4ccccc4n(c3c1)-c1cccc-2c1. The number of para-hydroxylation sites is 1. The fraction of sp³-hybridized carbons (Fsp3) is 0. The zero-order valence-corrected chi connectivity index (χ0v) is 28.6. The smallest absolute Gasteiger partial charge is 0.164 e. The zero-order chi connectivity index (χ0) is 34.9. The van der Waals surface area contributed by atoms with E-state index < -0.39 is 0 Å². The van der Waals surface area contributed by atoms with Crippen molar-refractivity contribution < 1.29 is 0 Å². The van der Waals surface area contributed by atoms with Crippen LogP contribution in [0.3, 0.4) is 0 Å². The Balaban J connectivity index is 1.13. The maximum absolute atomic E-state index is 5.13. The maximum Gasteiger partial charge on any atom is 0.164 e. The molecule has 1 aliphatic rings. The van der Waals surface area contributed by atoms with Crippen LogP contribution in [0.1, 0.15) is 0 Å². The Morgan fingerprint density at radius 1 is 0.302 bits per heavy atom. The first-order valence-corrected chi connectivity index (χ1v) is 17.9. The Kier molecular flexibility index (Phi) is 6.52. The standard InChI is InChI=1S/C49H30N4/c1-2-17-41-31(9-1)10-8-19-42(41)32-21-23-33(24-22-32)47-50-48-38-14-5-11-34(27-38)36-13-7-16-40(29-36)53-45-20-4-3-18-43(45)44-26-25-37(30-46(44)53)35-12-6-15-39(28-35)49(51-47)52-48/h1-30H. The van der Waals surface area contributed by atoms with E-state index in [-0.39, 0.29) is 0 Å². The number of hydrogen-bond acceptors (Lipinski definition) is 3. The van der Waals surface area contributed by atoms with Crippen LogP contribution in [-0.4, -0.2) is 19.5 Å². The molecule has 10 bridgehead atoms. The molecule has 8 aromatic carbocycles. The van der Waals surface area contributed by atoms with E-state index in [0.29, 0.717) is 17.5 Å². The van der Waals surface area contributed by atoms with Gasteiger partial charge in [0.2, 0.25) is 0 Å². The van der Waals surface area contributed by atoms with E-state index in [2.05, 4.69) is 187 Å². The van der Waals surface area contributed by atoms with Gasteiger partial charge in [-0.25, -0.2) is 15.0 Å². The molecule has 0 amide bonds. The molecule has 0 aliphatic carbocycles. The van der Waals surface area contributed by atoms with Gasteiger partial charge in [0.15, 0.2) is 17.5 Å². The number of benzene rings is 8. The van der Waals surface area contributed by atoms with Gasteiger partial charge in [0, 0.05) is 33.2 Å². The van der Waals surface area contributed by atoms with Crippen LogP contribution in [0.15, 0.2) is 182 Å². The summed E-state index contributed by atoms with van der Waals surface area (Å²) in [4.78, 5) is 15.4. The second-order valence-corrected chi connectivity index (χ2v) is 13.7. The van der Waals surface area contributed by atoms with Gasteiger partial charge in [-0.3, -0.25) is 0 Å². The minimum Gasteiger partial charge on any atom is -0.309 e. The summed E-state index contributed by atoms with van der Waals surface area (Å²) in [6, 6.07) is 64.9. The lowest BCUT2D eigenvalue weighted by atomic mass is 9.97. The molecule has 1 aliphatic heterocycles. The fourth-order valence-corrected chi connectivity index (χ4v) is 7.97. The molecule has 0 N–H and O–H groups in total. The number of aromatic nitrogens is 4. The highest BCUT2D eigenvalue weighted by Gasteiger charge is 2.17. The van der Waals surface area contributed by atoms with Gasteiger partial charge in [0.25, 0.3) is 0 Å². The lowest BCUT2D eigenvalue weighted by molar-refractivity contribution is 1.07. The number of nitrogens with zero attached hydrogens (tertiary/aromatic N) is 4. The molecular weight excluding hydrogens is 645 g/mol. The summed E-state index contributed by atoms with van der Waals surface area (Å²) in [5.74, 6) is 1.91. The average Bonchev–Trinajstić information content (AvgIpc) is 3.57. The molecule has 0 fully saturated rings. The summed E-state index contributed by atoms with van der Waals surface area (Å²) in [5.41, 5.74) is 13.1. The van der Waals surface area contributed by atoms with E-state index >= 15 is 0 Å². The Morgan fingerprint density at radius 2 is 0.811 bits per heavy atom. The van der Waals surface area contributed by atoms with Crippen molar-refractivity contribution >= 4 is 32.6 Å². The van der Waals surface area contributed by atoms with Crippen molar-refractivity contribution in [2.24, 2.45) is 0 Å². The van der Waals surface area contributed by atoms with Crippen LogP contribution in [-0.2, 0) is 0 Å². The van der Waals surface area contributed by atoms with Crippen LogP contribution in [0.2, 0.25) is 0 Å². The molecule has 10 aromatic rings. The molecule has 3 heterocycles. The van der Waals surface area contributed by atoms with Crippen molar-refractivity contribution in [3.63, 3.8) is 0 Å². The van der Waals surface area contributed by atoms with Gasteiger partial charge in [-0.2, -0.15) is 0 Å². The third-order valence-corrected chi connectivity index (χ3v) is 10.6. The molecule has 0 spiro atoms. The van der Waals surface area contributed by atoms with Crippen molar-refractivity contribution in [1.82, 2.24) is 19.5 Å². The van der Waals surface area contributed by atoms with Crippen molar-refractivity contribution in [1.29, 1.82) is 0 Å². The third-order valence-electron chi connectivity index (χ3n) is 10.6. The Hall–Kier alpha value is -7.17. The highest BCUT2D eigenvalue weighted by molar-refractivity contribution is 6.10. The number of hydrogen-bond donors (Lipinski definition) is 0. The molecular formula is C49H30N4. The molecule has 246 valence electrons. The fourth-order valence-electron chi connectivity index (χ4n) is 7.97. The summed E-state index contributed by atoms with van der Waals surface area (Å²) < 4.78 is 2.39. The summed E-state index contributed by atoms with van der Waals surface area (Å²) in [7, 11) is 0. The Morgan fingerprint density at radius 3 is 1.57 bits per heavy atom. The van der Waals surface area contributed by atoms with Crippen molar-refractivity contribution in [2.45, 2.75) is 0 Å². The molecule has 53 heavy (non-hydrogen) atoms. The van der Waals surface area contributed by atoms with Crippen molar-refractivity contribution in [3.8, 4) is 73.2 Å². The van der Waals surface area contributed by atoms with Gasteiger partial charge in [0.1, 0.15) is 0 Å². The van der Waals surface area contributed by atoms with E-state index in [0.717, 1.165) is 50.2 Å². The average molecular weight is 675 g/mol. The highest BCUT2D eigenvalue weighted by atomic mass is 15.0. The molecule has 2 aromatic heterocycles. The quantitative estimate of drug-likeness (QED) is 0.183. The number of fused-ring (bicyclic) bond motifs is 18. The number of rotatable bonds is 2. The molecule has 0 saturated carbocycles. The lowest BCUT2D eigenvalue weighted by Gasteiger charge is -2.13. The minimum atomic E-state index is 0.638. The molecule has 0 radical (unpaired) electrons. The first-order valence-electron chi connectivity index (χ1n) is 17.9. The maximum atomic E-state index is 5.13. The van der Waals surface area contributed by atoms with E-state index in [4.69, 9.17) is 15.0 Å². The van der Waals surface area contributed by atoms with Gasteiger partial charge in [-0.15, -0.1) is 0 Å². The van der Waals surface area contributed by atoms with E-state index in [9.17, 15) is 0 Å². The molecule has 0 unspecified atom stereocenters. The molecule has 0 saturated heterocycles. The predicted molar refractivity (Wildman–Crippen MR) is 218 cm³/mol. The largest absolute Gasteiger partial charge is 0.309 e. The molecule has 4 nitrogen and oxygen atoms in total. The second kappa shape index (κ2) is 11.7. The summed E-state index contributed by atoms with van der Waals surface area (Å²) in [6.07, 6.45) is 0. The highest BCUT2D eigenvalue weighted by Crippen LogP contribution is 2.38. The van der Waals surface area contributed by atoms with E-state index in [1.807, 2.05) is 0 Å². The van der Waals surface area contributed by atoms with E-state index in [1.54, 1.807) is 0 Å². The normalized spacial score (nSPS) is 11.8. The van der Waals surface area contributed by atoms with Crippen molar-refractivity contribution in [2.75, 3.05) is 0 Å². The Labute approximate surface area is 306 Å². The molecule has 11 rings (SSSR count). The third kappa shape index (κ3) is 4.88. The minimum absolute atomic E-state index is 0.638. The molecule has 4 heteroatoms. The van der Waals surface area contributed by atoms with Crippen LogP contribution in [0.4, 0.5) is 0 Å². The van der Waals surface area contributed by atoms with Gasteiger partial charge >= 0.3 is 0 Å². The van der Waals surface area contributed by atoms with E-state index in [1.165, 1.54) is 38.1 Å². The topological polar surface area (TPSA) is 43.6 Å². The van der Waals surface area contributed by atoms with Crippen LogP contribution in [0.5, 0.6) is 0 Å². The first kappa shape index (κ1) is 29.5. The second-order valence-electron chi connectivity index (χ2n) is 13.7. The van der Waals surface area contributed by atoms with Crippen LogP contribution in [0, 0.1) is 0 Å². The summed E-state index contributed by atoms with van der Waals surface area (Å²) >= 11 is 0. The summed E-state index contributed by atoms with van der Waals surface area (Å²) in [6.45, 7) is 0. The van der Waals surface area contributed by atoms with Gasteiger partial charge in [-0.1, -0.05) is 146 Å². The van der Waals surface area contributed by atoms with Crippen LogP contribution in [0.25, 0.3) is 106 Å². The van der Waals surface area contributed by atoms with Gasteiger partial charge in [-0.05, 0) is 80.6 Å². The molecule has 0 atom stereocenters. The zero-order valence-electron chi connectivity index (χ0n) is 28.6. The van der Waals surface area contributed by atoms with Crippen LogP contribution < -0.4 is 0 Å². The van der Waals surface area contributed by atoms with Crippen molar-refractivity contribution in [3.05, 3.63) is 182 Å². The first-order chi connectivity index (χ1) is 26.2. The lowest BCUT2D eigenvalue weighted by Crippen LogP contribution is -2.01. The van der Waals surface area contributed by atoms with Gasteiger partial charge in [0.05, 0.1) is 11.0 Å².